The summed E-state index contributed by atoms with van der Waals surface area (Å²) in [6.07, 6.45) is 3.12. The van der Waals surface area contributed by atoms with Gasteiger partial charge in [-0.1, -0.05) is 36.4 Å². The zero-order valence-electron chi connectivity index (χ0n) is 10.6. The molecule has 0 unspecified atom stereocenters. The van der Waals surface area contributed by atoms with E-state index in [0.717, 1.165) is 26.1 Å². The lowest BCUT2D eigenvalue weighted by Crippen LogP contribution is -2.28. The number of nitrogens with zero attached hydrogens (tertiary/aromatic N) is 1. The zero-order valence-corrected chi connectivity index (χ0v) is 11.5. The Bertz CT molecular complexity index is 447. The molecule has 0 fully saturated rings. The summed E-state index contributed by atoms with van der Waals surface area (Å²) in [6.45, 7) is 6.67. The first-order valence-electron chi connectivity index (χ1n) is 6.06. The largest absolute Gasteiger partial charge is 0.320 e. The first-order valence-corrected chi connectivity index (χ1v) is 8.67. The monoisotopic (exact) mass is 249 g/mol. The van der Waals surface area contributed by atoms with E-state index in [4.69, 9.17) is 0 Å². The van der Waals surface area contributed by atoms with E-state index in [2.05, 4.69) is 35.2 Å². The van der Waals surface area contributed by atoms with Gasteiger partial charge in [-0.2, -0.15) is 0 Å². The molecule has 2 nitrogen and oxygen atoms in total. The Morgan fingerprint density at radius 1 is 1.24 bits per heavy atom. The maximum absolute atomic E-state index is 11.9. The van der Waals surface area contributed by atoms with Crippen LogP contribution in [0.25, 0.3) is 0 Å². The summed E-state index contributed by atoms with van der Waals surface area (Å²) in [5.41, 5.74) is 1.35. The van der Waals surface area contributed by atoms with Crippen molar-refractivity contribution in [3.05, 3.63) is 47.3 Å². The van der Waals surface area contributed by atoms with Crippen molar-refractivity contribution in [1.29, 1.82) is 0 Å². The molecule has 0 aliphatic carbocycles. The van der Waals surface area contributed by atoms with Crippen molar-refractivity contribution in [2.45, 2.75) is 13.0 Å². The second kappa shape index (κ2) is 5.20. The fourth-order valence-corrected chi connectivity index (χ4v) is 3.33. The molecule has 0 amide bonds. The van der Waals surface area contributed by atoms with Crippen molar-refractivity contribution in [3.8, 4) is 0 Å². The van der Waals surface area contributed by atoms with Crippen LogP contribution < -0.4 is 0 Å². The highest BCUT2D eigenvalue weighted by molar-refractivity contribution is 7.66. The fraction of sp³-hybridized carbons (Fsp3) is 0.429. The minimum absolute atomic E-state index is 0.926. The van der Waals surface area contributed by atoms with Gasteiger partial charge >= 0.3 is 0 Å². The molecule has 1 heterocycles. The molecule has 92 valence electrons. The van der Waals surface area contributed by atoms with Crippen LogP contribution in [0, 0.1) is 0 Å². The number of hydrogen-bond acceptors (Lipinski definition) is 2. The molecular weight excluding hydrogens is 229 g/mol. The summed E-state index contributed by atoms with van der Waals surface area (Å²) in [5.74, 6) is 0. The molecule has 2 rings (SSSR count). The quantitative estimate of drug-likeness (QED) is 0.765. The lowest BCUT2D eigenvalue weighted by molar-refractivity contribution is 0.288. The Balaban J connectivity index is 1.96. The summed E-state index contributed by atoms with van der Waals surface area (Å²) in [6, 6.07) is 10.5. The Morgan fingerprint density at radius 3 is 2.47 bits per heavy atom. The highest BCUT2D eigenvalue weighted by Gasteiger charge is 2.19. The van der Waals surface area contributed by atoms with E-state index in [0.29, 0.717) is 0 Å². The second-order valence-corrected chi connectivity index (χ2v) is 8.29. The lowest BCUT2D eigenvalue weighted by Gasteiger charge is -2.27. The minimum atomic E-state index is -2.02. The fourth-order valence-electron chi connectivity index (χ4n) is 2.17. The van der Waals surface area contributed by atoms with Gasteiger partial charge in [0.2, 0.25) is 0 Å². The summed E-state index contributed by atoms with van der Waals surface area (Å²) in [7, 11) is -2.02. The summed E-state index contributed by atoms with van der Waals surface area (Å²) < 4.78 is 11.9. The van der Waals surface area contributed by atoms with Gasteiger partial charge in [-0.15, -0.1) is 0 Å². The SMILES string of the molecule is CP(C)(=O)C1=CCN(Cc2ccccc2)CC1. The molecule has 0 saturated carbocycles. The predicted octanol–water partition coefficient (Wildman–Crippen LogP) is 3.40. The van der Waals surface area contributed by atoms with Gasteiger partial charge in [-0.05, 0) is 30.6 Å². The molecule has 0 bridgehead atoms. The first kappa shape index (κ1) is 12.6. The maximum Gasteiger partial charge on any atom is 0.105 e. The van der Waals surface area contributed by atoms with E-state index in [9.17, 15) is 4.57 Å². The summed E-state index contributed by atoms with van der Waals surface area (Å²) >= 11 is 0. The van der Waals surface area contributed by atoms with Crippen LogP contribution in [0.2, 0.25) is 0 Å². The van der Waals surface area contributed by atoms with Gasteiger partial charge in [0.15, 0.2) is 0 Å². The molecule has 0 radical (unpaired) electrons. The van der Waals surface area contributed by atoms with Crippen LogP contribution in [0.3, 0.4) is 0 Å². The van der Waals surface area contributed by atoms with Gasteiger partial charge in [0.05, 0.1) is 0 Å². The van der Waals surface area contributed by atoms with Crippen LogP contribution in [0.15, 0.2) is 41.7 Å². The predicted molar refractivity (Wildman–Crippen MR) is 73.9 cm³/mol. The molecule has 0 aromatic heterocycles. The first-order chi connectivity index (χ1) is 8.05. The standard InChI is InChI=1S/C14H20NOP/c1-17(2,16)14-8-10-15(11-9-14)12-13-6-4-3-5-7-13/h3-8H,9-12H2,1-2H3. The van der Waals surface area contributed by atoms with E-state index >= 15 is 0 Å². The van der Waals surface area contributed by atoms with E-state index in [1.54, 1.807) is 0 Å². The van der Waals surface area contributed by atoms with Crippen molar-refractivity contribution >= 4 is 7.14 Å². The van der Waals surface area contributed by atoms with E-state index < -0.39 is 7.14 Å². The van der Waals surface area contributed by atoms with Gasteiger partial charge in [0, 0.05) is 19.6 Å². The van der Waals surface area contributed by atoms with Crippen LogP contribution in [-0.4, -0.2) is 31.3 Å². The zero-order chi connectivity index (χ0) is 12.3. The molecule has 0 spiro atoms. The van der Waals surface area contributed by atoms with Crippen LogP contribution in [0.4, 0.5) is 0 Å². The maximum atomic E-state index is 11.9. The normalized spacial score (nSPS) is 17.9. The van der Waals surface area contributed by atoms with Crippen LogP contribution in [-0.2, 0) is 11.1 Å². The molecular formula is C14H20NOP. The van der Waals surface area contributed by atoms with Gasteiger partial charge < -0.3 is 4.57 Å². The Kier molecular flexibility index (Phi) is 3.86. The topological polar surface area (TPSA) is 20.3 Å². The third-order valence-electron chi connectivity index (χ3n) is 3.21. The van der Waals surface area contributed by atoms with Crippen molar-refractivity contribution in [2.75, 3.05) is 26.4 Å². The number of hydrogen-bond donors (Lipinski definition) is 0. The highest BCUT2D eigenvalue weighted by atomic mass is 31.2. The average Bonchev–Trinajstić information content (AvgIpc) is 2.30. The van der Waals surface area contributed by atoms with Crippen LogP contribution >= 0.6 is 7.14 Å². The molecule has 0 saturated heterocycles. The van der Waals surface area contributed by atoms with Gasteiger partial charge in [-0.3, -0.25) is 4.90 Å². The van der Waals surface area contributed by atoms with Crippen LogP contribution in [0.1, 0.15) is 12.0 Å². The van der Waals surface area contributed by atoms with Crippen molar-refractivity contribution in [2.24, 2.45) is 0 Å². The molecule has 0 atom stereocenters. The Labute approximate surface area is 104 Å². The Hall–Kier alpha value is -0.850. The van der Waals surface area contributed by atoms with Crippen molar-refractivity contribution in [1.82, 2.24) is 4.90 Å². The van der Waals surface area contributed by atoms with E-state index in [1.807, 2.05) is 19.4 Å². The molecule has 1 aliphatic rings. The number of rotatable bonds is 3. The molecule has 17 heavy (non-hydrogen) atoms. The summed E-state index contributed by atoms with van der Waals surface area (Å²) in [5, 5.41) is 1.17. The lowest BCUT2D eigenvalue weighted by atomic mass is 10.2. The molecule has 1 aliphatic heterocycles. The van der Waals surface area contributed by atoms with Crippen LogP contribution in [0.5, 0.6) is 0 Å². The van der Waals surface area contributed by atoms with E-state index in [-0.39, 0.29) is 0 Å². The number of benzene rings is 1. The smallest absolute Gasteiger partial charge is 0.105 e. The third kappa shape index (κ3) is 3.55. The molecule has 3 heteroatoms. The van der Waals surface area contributed by atoms with Gasteiger partial charge in [-0.25, -0.2) is 0 Å². The second-order valence-electron chi connectivity index (χ2n) is 5.02. The molecule has 0 N–H and O–H groups in total. The third-order valence-corrected chi connectivity index (χ3v) is 5.00. The molecule has 1 aromatic rings. The highest BCUT2D eigenvalue weighted by Crippen LogP contribution is 2.48. The average molecular weight is 249 g/mol. The molecule has 1 aromatic carbocycles. The Morgan fingerprint density at radius 2 is 1.94 bits per heavy atom. The van der Waals surface area contributed by atoms with Crippen molar-refractivity contribution in [3.63, 3.8) is 0 Å². The van der Waals surface area contributed by atoms with Gasteiger partial charge in [0.25, 0.3) is 0 Å². The summed E-state index contributed by atoms with van der Waals surface area (Å²) in [4.78, 5) is 2.40. The minimum Gasteiger partial charge on any atom is -0.320 e. The van der Waals surface area contributed by atoms with Crippen molar-refractivity contribution < 1.29 is 4.57 Å². The van der Waals surface area contributed by atoms with Gasteiger partial charge in [0.1, 0.15) is 7.14 Å². The van der Waals surface area contributed by atoms with E-state index in [1.165, 1.54) is 10.9 Å².